The Balaban J connectivity index is 1.72. The molecule has 31 heavy (non-hydrogen) atoms. The van der Waals surface area contributed by atoms with E-state index >= 15 is 0 Å². The van der Waals surface area contributed by atoms with E-state index in [1.54, 1.807) is 18.2 Å². The van der Waals surface area contributed by atoms with Crippen molar-refractivity contribution in [2.75, 3.05) is 12.4 Å². The second kappa shape index (κ2) is 9.16. The zero-order valence-electron chi connectivity index (χ0n) is 16.9. The van der Waals surface area contributed by atoms with Crippen LogP contribution in [0.4, 0.5) is 5.69 Å². The van der Waals surface area contributed by atoms with Crippen LogP contribution in [0, 0.1) is 11.3 Å². The Hall–Kier alpha value is -3.42. The van der Waals surface area contributed by atoms with E-state index in [-0.39, 0.29) is 22.3 Å². The molecule has 162 valence electrons. The molecule has 0 bridgehead atoms. The molecule has 0 heterocycles. The fourth-order valence-electron chi connectivity index (χ4n) is 2.69. The third-order valence-electron chi connectivity index (χ3n) is 4.50. The van der Waals surface area contributed by atoms with Crippen LogP contribution < -0.4 is 14.8 Å². The number of carbonyl (C=O) groups excluding carboxylic acids is 2. The predicted octanol–water partition coefficient (Wildman–Crippen LogP) is 2.19. The summed E-state index contributed by atoms with van der Waals surface area (Å²) in [6.07, 6.45) is 0.352. The Morgan fingerprint density at radius 1 is 1.19 bits per heavy atom. The van der Waals surface area contributed by atoms with Gasteiger partial charge in [0.1, 0.15) is 10.6 Å². The molecule has 1 fully saturated rings. The topological polar surface area (TPSA) is 135 Å². The zero-order valence-corrected chi connectivity index (χ0v) is 17.7. The molecule has 1 aliphatic rings. The second-order valence-electron chi connectivity index (χ2n) is 6.99. The predicted molar refractivity (Wildman–Crippen MR) is 111 cm³/mol. The van der Waals surface area contributed by atoms with Gasteiger partial charge >= 0.3 is 5.97 Å². The summed E-state index contributed by atoms with van der Waals surface area (Å²) in [5.74, 6) is -1.37. The molecule has 1 aliphatic carbocycles. The molecule has 0 spiro atoms. The molecule has 3 rings (SSSR count). The highest BCUT2D eigenvalue weighted by molar-refractivity contribution is 7.89. The lowest BCUT2D eigenvalue weighted by Gasteiger charge is -2.15. The molecular weight excluding hydrogens is 422 g/mol. The molecule has 1 amide bonds. The van der Waals surface area contributed by atoms with E-state index in [1.807, 2.05) is 6.07 Å². The van der Waals surface area contributed by atoms with Gasteiger partial charge in [-0.05, 0) is 56.2 Å². The maximum Gasteiger partial charge on any atom is 0.338 e. The number of rotatable bonds is 8. The number of carbonyl (C=O) groups is 2. The van der Waals surface area contributed by atoms with E-state index in [9.17, 15) is 18.0 Å². The lowest BCUT2D eigenvalue weighted by Crippen LogP contribution is -2.30. The van der Waals surface area contributed by atoms with Crippen molar-refractivity contribution in [2.45, 2.75) is 36.8 Å². The largest absolute Gasteiger partial charge is 0.495 e. The van der Waals surface area contributed by atoms with Crippen molar-refractivity contribution in [3.8, 4) is 11.8 Å². The fourth-order valence-corrected chi connectivity index (χ4v) is 4.19. The Morgan fingerprint density at radius 2 is 1.94 bits per heavy atom. The number of ether oxygens (including phenoxy) is 2. The molecule has 0 radical (unpaired) electrons. The van der Waals surface area contributed by atoms with Crippen LogP contribution in [-0.2, 0) is 19.6 Å². The monoisotopic (exact) mass is 443 g/mol. The van der Waals surface area contributed by atoms with Gasteiger partial charge in [-0.1, -0.05) is 6.07 Å². The van der Waals surface area contributed by atoms with Crippen molar-refractivity contribution in [1.29, 1.82) is 5.26 Å². The van der Waals surface area contributed by atoms with Gasteiger partial charge < -0.3 is 14.8 Å². The Bertz CT molecular complexity index is 1150. The van der Waals surface area contributed by atoms with E-state index in [0.29, 0.717) is 11.3 Å². The Kier molecular flexibility index (Phi) is 6.58. The SMILES string of the molecule is COc1ccc(C(=O)O[C@@H](C)C(=O)Nc2cccc(C#N)c2)cc1S(=O)(=O)NC1CC1. The van der Waals surface area contributed by atoms with Crippen molar-refractivity contribution in [2.24, 2.45) is 0 Å². The molecule has 0 unspecified atom stereocenters. The summed E-state index contributed by atoms with van der Waals surface area (Å²) < 4.78 is 38.0. The summed E-state index contributed by atoms with van der Waals surface area (Å²) in [5.41, 5.74) is 0.716. The lowest BCUT2D eigenvalue weighted by atomic mass is 10.2. The molecule has 1 saturated carbocycles. The van der Waals surface area contributed by atoms with Crippen LogP contribution in [-0.4, -0.2) is 39.5 Å². The quantitative estimate of drug-likeness (QED) is 0.597. The van der Waals surface area contributed by atoms with Crippen LogP contribution in [0.15, 0.2) is 47.4 Å². The van der Waals surface area contributed by atoms with Crippen LogP contribution in [0.1, 0.15) is 35.7 Å². The average molecular weight is 443 g/mol. The number of anilines is 1. The molecule has 0 aromatic heterocycles. The lowest BCUT2D eigenvalue weighted by molar-refractivity contribution is -0.123. The van der Waals surface area contributed by atoms with Crippen LogP contribution >= 0.6 is 0 Å². The first kappa shape index (κ1) is 22.3. The van der Waals surface area contributed by atoms with E-state index in [0.717, 1.165) is 18.9 Å². The summed E-state index contributed by atoms with van der Waals surface area (Å²) in [6, 6.07) is 12.0. The Labute approximate surface area is 180 Å². The van der Waals surface area contributed by atoms with Crippen molar-refractivity contribution in [1.82, 2.24) is 4.72 Å². The number of methoxy groups -OCH3 is 1. The maximum absolute atomic E-state index is 12.6. The normalized spacial score (nSPS) is 14.2. The first-order valence-corrected chi connectivity index (χ1v) is 10.9. The van der Waals surface area contributed by atoms with Gasteiger partial charge in [-0.15, -0.1) is 0 Å². The molecule has 0 saturated heterocycles. The number of nitriles is 1. The minimum absolute atomic E-state index is 0.0388. The number of esters is 1. The van der Waals surface area contributed by atoms with Crippen LogP contribution in [0.3, 0.4) is 0 Å². The highest BCUT2D eigenvalue weighted by Crippen LogP contribution is 2.28. The van der Waals surface area contributed by atoms with Crippen LogP contribution in [0.2, 0.25) is 0 Å². The number of amides is 1. The van der Waals surface area contributed by atoms with Gasteiger partial charge in [0.05, 0.1) is 24.3 Å². The van der Waals surface area contributed by atoms with Gasteiger partial charge in [-0.25, -0.2) is 17.9 Å². The van der Waals surface area contributed by atoms with Gasteiger partial charge in [0.15, 0.2) is 6.10 Å². The van der Waals surface area contributed by atoms with Crippen LogP contribution in [0.25, 0.3) is 0 Å². The van der Waals surface area contributed by atoms with Crippen molar-refractivity contribution in [3.05, 3.63) is 53.6 Å². The highest BCUT2D eigenvalue weighted by atomic mass is 32.2. The first-order chi connectivity index (χ1) is 14.7. The van der Waals surface area contributed by atoms with E-state index < -0.39 is 28.0 Å². The van der Waals surface area contributed by atoms with E-state index in [2.05, 4.69) is 10.0 Å². The summed E-state index contributed by atoms with van der Waals surface area (Å²) in [6.45, 7) is 1.39. The maximum atomic E-state index is 12.6. The molecule has 2 aromatic carbocycles. The van der Waals surface area contributed by atoms with Gasteiger partial charge in [-0.2, -0.15) is 5.26 Å². The third kappa shape index (κ3) is 5.59. The summed E-state index contributed by atoms with van der Waals surface area (Å²) >= 11 is 0. The zero-order chi connectivity index (χ0) is 22.6. The molecular formula is C21H21N3O6S. The molecule has 9 nitrogen and oxygen atoms in total. The number of nitrogens with zero attached hydrogens (tertiary/aromatic N) is 1. The van der Waals surface area contributed by atoms with Gasteiger partial charge in [0, 0.05) is 11.7 Å². The standard InChI is InChI=1S/C21H21N3O6S/c1-13(20(25)23-17-5-3-4-14(10-17)12-22)30-21(26)15-6-9-18(29-2)19(11-15)31(27,28)24-16-7-8-16/h3-6,9-11,13,16,24H,7-8H2,1-2H3,(H,23,25)/t13-/m0/s1. The molecule has 0 aliphatic heterocycles. The summed E-state index contributed by atoms with van der Waals surface area (Å²) in [4.78, 5) is 24.7. The summed E-state index contributed by atoms with van der Waals surface area (Å²) in [5, 5.41) is 11.5. The molecule has 2 aromatic rings. The van der Waals surface area contributed by atoms with E-state index in [1.165, 1.54) is 32.2 Å². The molecule has 10 heteroatoms. The smallest absolute Gasteiger partial charge is 0.338 e. The summed E-state index contributed by atoms with van der Waals surface area (Å²) in [7, 11) is -2.55. The fraction of sp³-hybridized carbons (Fsp3) is 0.286. The second-order valence-corrected chi connectivity index (χ2v) is 8.67. The van der Waals surface area contributed by atoms with Crippen molar-refractivity contribution in [3.63, 3.8) is 0 Å². The van der Waals surface area contributed by atoms with Crippen LogP contribution in [0.5, 0.6) is 5.75 Å². The highest BCUT2D eigenvalue weighted by Gasteiger charge is 2.31. The van der Waals surface area contributed by atoms with Crippen molar-refractivity contribution < 1.29 is 27.5 Å². The van der Waals surface area contributed by atoms with E-state index in [4.69, 9.17) is 14.7 Å². The average Bonchev–Trinajstić information content (AvgIpc) is 3.56. The minimum atomic E-state index is -3.88. The Morgan fingerprint density at radius 3 is 2.58 bits per heavy atom. The van der Waals surface area contributed by atoms with Gasteiger partial charge in [0.25, 0.3) is 5.91 Å². The number of hydrogen-bond donors (Lipinski definition) is 2. The number of nitrogens with one attached hydrogen (secondary N) is 2. The van der Waals surface area contributed by atoms with Crippen molar-refractivity contribution >= 4 is 27.6 Å². The molecule has 2 N–H and O–H groups in total. The minimum Gasteiger partial charge on any atom is -0.495 e. The van der Waals surface area contributed by atoms with Gasteiger partial charge in [0.2, 0.25) is 10.0 Å². The first-order valence-electron chi connectivity index (χ1n) is 9.46. The number of benzene rings is 2. The third-order valence-corrected chi connectivity index (χ3v) is 6.04. The molecule has 1 atom stereocenters. The van der Waals surface area contributed by atoms with Gasteiger partial charge in [-0.3, -0.25) is 4.79 Å². The number of hydrogen-bond acceptors (Lipinski definition) is 7. The number of sulfonamides is 1.